The normalized spacial score (nSPS) is 14.7. The van der Waals surface area contributed by atoms with Crippen molar-refractivity contribution in [1.29, 1.82) is 0 Å². The highest BCUT2D eigenvalue weighted by Crippen LogP contribution is 2.24. The van der Waals surface area contributed by atoms with E-state index in [0.29, 0.717) is 0 Å². The van der Waals surface area contributed by atoms with Gasteiger partial charge in [-0.15, -0.1) is 0 Å². The third-order valence-electron chi connectivity index (χ3n) is 4.48. The van der Waals surface area contributed by atoms with Gasteiger partial charge in [0.05, 0.1) is 11.7 Å². The Morgan fingerprint density at radius 3 is 2.69 bits per heavy atom. The fourth-order valence-corrected chi connectivity index (χ4v) is 3.23. The van der Waals surface area contributed by atoms with Crippen LogP contribution in [0.1, 0.15) is 12.6 Å². The highest BCUT2D eigenvalue weighted by Gasteiger charge is 2.22. The van der Waals surface area contributed by atoms with Crippen LogP contribution in [0.5, 0.6) is 0 Å². The van der Waals surface area contributed by atoms with Crippen LogP contribution in [0.3, 0.4) is 0 Å². The topological polar surface area (TPSA) is 83.0 Å². The standard InChI is InChI=1S/C18H22N8/c1-3-20-16-10-13(2)23-18(24-16)26-8-6-25(7-9-26)17-14-4-5-19-11-15(14)21-12-22-17/h4-5,10-12H,3,6-9H2,1-2H3,(H,20,23,24). The Morgan fingerprint density at radius 1 is 1.08 bits per heavy atom. The number of anilines is 3. The number of pyridine rings is 1. The molecule has 4 heterocycles. The summed E-state index contributed by atoms with van der Waals surface area (Å²) >= 11 is 0. The summed E-state index contributed by atoms with van der Waals surface area (Å²) in [6.07, 6.45) is 5.17. The van der Waals surface area contributed by atoms with Crippen molar-refractivity contribution in [2.45, 2.75) is 13.8 Å². The Hall–Kier alpha value is -3.03. The van der Waals surface area contributed by atoms with Gasteiger partial charge in [-0.3, -0.25) is 4.98 Å². The van der Waals surface area contributed by atoms with E-state index in [0.717, 1.165) is 66.9 Å². The first-order valence-corrected chi connectivity index (χ1v) is 8.89. The summed E-state index contributed by atoms with van der Waals surface area (Å²) in [5.74, 6) is 2.64. The van der Waals surface area contributed by atoms with Crippen LogP contribution in [-0.4, -0.2) is 57.6 Å². The zero-order chi connectivity index (χ0) is 17.9. The molecule has 1 aliphatic heterocycles. The van der Waals surface area contributed by atoms with Gasteiger partial charge in [0.15, 0.2) is 0 Å². The van der Waals surface area contributed by atoms with Crippen LogP contribution in [0.15, 0.2) is 30.9 Å². The maximum Gasteiger partial charge on any atom is 0.227 e. The molecule has 0 radical (unpaired) electrons. The number of fused-ring (bicyclic) bond motifs is 1. The lowest BCUT2D eigenvalue weighted by molar-refractivity contribution is 0.635. The van der Waals surface area contributed by atoms with Gasteiger partial charge in [0.2, 0.25) is 5.95 Å². The highest BCUT2D eigenvalue weighted by atomic mass is 15.3. The van der Waals surface area contributed by atoms with Crippen LogP contribution in [0, 0.1) is 6.92 Å². The molecule has 0 aromatic carbocycles. The second kappa shape index (κ2) is 7.07. The molecular formula is C18H22N8. The summed E-state index contributed by atoms with van der Waals surface area (Å²) in [7, 11) is 0. The van der Waals surface area contributed by atoms with Crippen LogP contribution >= 0.6 is 0 Å². The first-order chi connectivity index (χ1) is 12.7. The highest BCUT2D eigenvalue weighted by molar-refractivity contribution is 5.88. The van der Waals surface area contributed by atoms with Gasteiger partial charge in [0.1, 0.15) is 18.0 Å². The maximum absolute atomic E-state index is 4.65. The Morgan fingerprint density at radius 2 is 1.88 bits per heavy atom. The number of rotatable bonds is 4. The number of nitrogens with zero attached hydrogens (tertiary/aromatic N) is 7. The van der Waals surface area contributed by atoms with Crippen molar-refractivity contribution in [3.63, 3.8) is 0 Å². The van der Waals surface area contributed by atoms with Crippen molar-refractivity contribution in [2.24, 2.45) is 0 Å². The third kappa shape index (κ3) is 3.22. The van der Waals surface area contributed by atoms with Gasteiger partial charge >= 0.3 is 0 Å². The van der Waals surface area contributed by atoms with Crippen molar-refractivity contribution in [2.75, 3.05) is 47.8 Å². The van der Waals surface area contributed by atoms with Gasteiger partial charge in [-0.2, -0.15) is 4.98 Å². The molecule has 8 heteroatoms. The average Bonchev–Trinajstić information content (AvgIpc) is 2.67. The van der Waals surface area contributed by atoms with E-state index >= 15 is 0 Å². The molecule has 1 fully saturated rings. The SMILES string of the molecule is CCNc1cc(C)nc(N2CCN(c3ncnc4cnccc34)CC2)n1. The van der Waals surface area contributed by atoms with Crippen LogP contribution in [-0.2, 0) is 0 Å². The quantitative estimate of drug-likeness (QED) is 0.764. The zero-order valence-electron chi connectivity index (χ0n) is 15.1. The molecule has 4 rings (SSSR count). The largest absolute Gasteiger partial charge is 0.370 e. The summed E-state index contributed by atoms with van der Waals surface area (Å²) in [5.41, 5.74) is 1.85. The van der Waals surface area contributed by atoms with E-state index in [9.17, 15) is 0 Å². The molecule has 0 unspecified atom stereocenters. The van der Waals surface area contributed by atoms with Crippen molar-refractivity contribution >= 4 is 28.5 Å². The molecule has 1 N–H and O–H groups in total. The molecule has 0 atom stereocenters. The number of aryl methyl sites for hydroxylation is 1. The Labute approximate surface area is 152 Å². The second-order valence-electron chi connectivity index (χ2n) is 6.29. The fourth-order valence-electron chi connectivity index (χ4n) is 3.23. The van der Waals surface area contributed by atoms with Crippen molar-refractivity contribution in [3.8, 4) is 0 Å². The van der Waals surface area contributed by atoms with Crippen LogP contribution in [0.4, 0.5) is 17.6 Å². The first-order valence-electron chi connectivity index (χ1n) is 8.89. The lowest BCUT2D eigenvalue weighted by Gasteiger charge is -2.35. The molecule has 0 bridgehead atoms. The van der Waals surface area contributed by atoms with Gasteiger partial charge < -0.3 is 15.1 Å². The molecule has 3 aromatic rings. The molecular weight excluding hydrogens is 328 g/mol. The van der Waals surface area contributed by atoms with Crippen LogP contribution in [0.25, 0.3) is 10.9 Å². The van der Waals surface area contributed by atoms with Crippen molar-refractivity contribution in [3.05, 3.63) is 36.5 Å². The predicted molar refractivity (Wildman–Crippen MR) is 103 cm³/mol. The number of aromatic nitrogens is 5. The minimum Gasteiger partial charge on any atom is -0.370 e. The van der Waals surface area contributed by atoms with E-state index in [1.54, 1.807) is 18.7 Å². The Kier molecular flexibility index (Phi) is 4.47. The molecule has 3 aromatic heterocycles. The van der Waals surface area contributed by atoms with Crippen molar-refractivity contribution in [1.82, 2.24) is 24.9 Å². The predicted octanol–water partition coefficient (Wildman–Crippen LogP) is 1.88. The van der Waals surface area contributed by atoms with E-state index in [1.807, 2.05) is 19.1 Å². The Bertz CT molecular complexity index is 899. The maximum atomic E-state index is 4.65. The summed E-state index contributed by atoms with van der Waals surface area (Å²) in [5, 5.41) is 4.31. The number of piperazine rings is 1. The molecule has 0 aliphatic carbocycles. The Balaban J connectivity index is 1.52. The van der Waals surface area contributed by atoms with Gasteiger partial charge in [0.25, 0.3) is 0 Å². The third-order valence-corrected chi connectivity index (χ3v) is 4.48. The van der Waals surface area contributed by atoms with Crippen LogP contribution in [0.2, 0.25) is 0 Å². The molecule has 1 aliphatic rings. The fraction of sp³-hybridized carbons (Fsp3) is 0.389. The molecule has 0 saturated carbocycles. The van der Waals surface area contributed by atoms with Gasteiger partial charge in [-0.1, -0.05) is 0 Å². The molecule has 0 spiro atoms. The first kappa shape index (κ1) is 16.4. The molecule has 26 heavy (non-hydrogen) atoms. The second-order valence-corrected chi connectivity index (χ2v) is 6.29. The lowest BCUT2D eigenvalue weighted by atomic mass is 10.2. The van der Waals surface area contributed by atoms with E-state index in [2.05, 4.69) is 47.0 Å². The van der Waals surface area contributed by atoms with Crippen LogP contribution < -0.4 is 15.1 Å². The van der Waals surface area contributed by atoms with E-state index in [-0.39, 0.29) is 0 Å². The summed E-state index contributed by atoms with van der Waals surface area (Å²) in [6.45, 7) is 8.35. The van der Waals surface area contributed by atoms with Gasteiger partial charge in [0, 0.05) is 56.1 Å². The smallest absolute Gasteiger partial charge is 0.227 e. The molecule has 134 valence electrons. The minimum absolute atomic E-state index is 0.789. The summed E-state index contributed by atoms with van der Waals surface area (Å²) in [4.78, 5) is 26.7. The monoisotopic (exact) mass is 350 g/mol. The van der Waals surface area contributed by atoms with E-state index in [4.69, 9.17) is 0 Å². The molecule has 8 nitrogen and oxygen atoms in total. The molecule has 1 saturated heterocycles. The van der Waals surface area contributed by atoms with Gasteiger partial charge in [-0.05, 0) is 19.9 Å². The number of hydrogen-bond donors (Lipinski definition) is 1. The lowest BCUT2D eigenvalue weighted by Crippen LogP contribution is -2.47. The zero-order valence-corrected chi connectivity index (χ0v) is 15.1. The van der Waals surface area contributed by atoms with Crippen molar-refractivity contribution < 1.29 is 0 Å². The van der Waals surface area contributed by atoms with E-state index in [1.165, 1.54) is 0 Å². The minimum atomic E-state index is 0.789. The summed E-state index contributed by atoms with van der Waals surface area (Å²) < 4.78 is 0. The summed E-state index contributed by atoms with van der Waals surface area (Å²) in [6, 6.07) is 3.95. The van der Waals surface area contributed by atoms with E-state index < -0.39 is 0 Å². The number of nitrogens with one attached hydrogen (secondary N) is 1. The van der Waals surface area contributed by atoms with Gasteiger partial charge in [-0.25, -0.2) is 15.0 Å². The molecule has 0 amide bonds. The number of hydrogen-bond acceptors (Lipinski definition) is 8. The average molecular weight is 350 g/mol.